The monoisotopic (exact) mass is 290 g/mol. The molecular weight excluding hydrogens is 268 g/mol. The lowest BCUT2D eigenvalue weighted by Gasteiger charge is -2.25. The second-order valence-corrected chi connectivity index (χ2v) is 8.08. The van der Waals surface area contributed by atoms with Crippen molar-refractivity contribution in [3.63, 3.8) is 0 Å². The van der Waals surface area contributed by atoms with Crippen molar-refractivity contribution in [3.8, 4) is 0 Å². The zero-order valence-corrected chi connectivity index (χ0v) is 13.0. The number of hydrogen-bond donors (Lipinski definition) is 2. The lowest BCUT2D eigenvalue weighted by Crippen LogP contribution is -2.49. The van der Waals surface area contributed by atoms with E-state index in [1.165, 1.54) is 16.0 Å². The molecule has 0 saturated carbocycles. The summed E-state index contributed by atoms with van der Waals surface area (Å²) >= 11 is 1.80. The Morgan fingerprint density at radius 1 is 1.28 bits per heavy atom. The van der Waals surface area contributed by atoms with E-state index in [9.17, 15) is 8.42 Å². The minimum absolute atomic E-state index is 0.474. The molecule has 2 N–H and O–H groups in total. The van der Waals surface area contributed by atoms with Gasteiger partial charge in [-0.1, -0.05) is 6.92 Å². The van der Waals surface area contributed by atoms with Gasteiger partial charge in [0, 0.05) is 28.4 Å². The molecule has 0 saturated heterocycles. The summed E-state index contributed by atoms with van der Waals surface area (Å²) in [6.45, 7) is 7.25. The van der Waals surface area contributed by atoms with Crippen LogP contribution in [-0.2, 0) is 23.0 Å². The van der Waals surface area contributed by atoms with Crippen molar-refractivity contribution in [2.45, 2.75) is 39.3 Å². The van der Waals surface area contributed by atoms with Gasteiger partial charge in [0.15, 0.2) is 0 Å². The molecule has 18 heavy (non-hydrogen) atoms. The van der Waals surface area contributed by atoms with Gasteiger partial charge in [-0.2, -0.15) is 0 Å². The van der Waals surface area contributed by atoms with Crippen LogP contribution in [0.1, 0.15) is 30.5 Å². The highest BCUT2D eigenvalue weighted by atomic mass is 32.2. The van der Waals surface area contributed by atoms with Gasteiger partial charge in [0.1, 0.15) is 0 Å². The Labute approximate surface area is 114 Å². The van der Waals surface area contributed by atoms with Crippen molar-refractivity contribution in [1.29, 1.82) is 0 Å². The second-order valence-electron chi connectivity index (χ2n) is 5.08. The van der Waals surface area contributed by atoms with Crippen molar-refractivity contribution >= 4 is 21.4 Å². The first-order chi connectivity index (χ1) is 8.22. The third-order valence-electron chi connectivity index (χ3n) is 2.39. The number of nitrogens with one attached hydrogen (secondary N) is 2. The van der Waals surface area contributed by atoms with Gasteiger partial charge >= 0.3 is 0 Å². The van der Waals surface area contributed by atoms with Crippen LogP contribution in [-0.4, -0.2) is 26.8 Å². The van der Waals surface area contributed by atoms with E-state index in [-0.39, 0.29) is 0 Å². The molecule has 0 bridgehead atoms. The molecule has 0 aromatic carbocycles. The fourth-order valence-corrected chi connectivity index (χ4v) is 3.75. The maximum atomic E-state index is 11.2. The van der Waals surface area contributed by atoms with Gasteiger partial charge in [0.25, 0.3) is 0 Å². The van der Waals surface area contributed by atoms with Gasteiger partial charge in [-0.15, -0.1) is 11.3 Å². The van der Waals surface area contributed by atoms with Crippen LogP contribution < -0.4 is 10.0 Å². The topological polar surface area (TPSA) is 58.2 Å². The molecule has 0 spiro atoms. The Hall–Kier alpha value is -0.430. The molecule has 0 aliphatic rings. The van der Waals surface area contributed by atoms with Crippen LogP contribution in [0.2, 0.25) is 0 Å². The quantitative estimate of drug-likeness (QED) is 0.804. The fourth-order valence-electron chi connectivity index (χ4n) is 1.74. The van der Waals surface area contributed by atoms with Gasteiger partial charge in [-0.25, -0.2) is 13.1 Å². The van der Waals surface area contributed by atoms with Crippen LogP contribution in [0, 0.1) is 0 Å². The summed E-state index contributed by atoms with van der Waals surface area (Å²) in [7, 11) is -3.16. The second kappa shape index (κ2) is 6.14. The summed E-state index contributed by atoms with van der Waals surface area (Å²) in [5.74, 6) is 0. The summed E-state index contributed by atoms with van der Waals surface area (Å²) in [5.41, 5.74) is -0.474. The van der Waals surface area contributed by atoms with E-state index in [2.05, 4.69) is 29.1 Å². The molecule has 104 valence electrons. The molecule has 1 aromatic heterocycles. The van der Waals surface area contributed by atoms with Crippen LogP contribution >= 0.6 is 11.3 Å². The van der Waals surface area contributed by atoms with E-state index in [0.29, 0.717) is 6.54 Å². The van der Waals surface area contributed by atoms with Crippen molar-refractivity contribution in [1.82, 2.24) is 10.0 Å². The zero-order chi connectivity index (χ0) is 13.8. The van der Waals surface area contributed by atoms with Crippen LogP contribution in [0.15, 0.2) is 12.1 Å². The van der Waals surface area contributed by atoms with Crippen LogP contribution in [0.5, 0.6) is 0 Å². The smallest absolute Gasteiger partial charge is 0.209 e. The van der Waals surface area contributed by atoms with Crippen LogP contribution in [0.4, 0.5) is 0 Å². The highest BCUT2D eigenvalue weighted by Gasteiger charge is 2.21. The van der Waals surface area contributed by atoms with Gasteiger partial charge in [0.05, 0.1) is 6.26 Å². The van der Waals surface area contributed by atoms with E-state index in [4.69, 9.17) is 0 Å². The van der Waals surface area contributed by atoms with Crippen molar-refractivity contribution in [3.05, 3.63) is 21.9 Å². The number of sulfonamides is 1. The molecular formula is C12H22N2O2S2. The molecule has 1 heterocycles. The van der Waals surface area contributed by atoms with Crippen molar-refractivity contribution < 1.29 is 8.42 Å². The lowest BCUT2D eigenvalue weighted by molar-refractivity contribution is 0.422. The first-order valence-electron chi connectivity index (χ1n) is 5.99. The van der Waals surface area contributed by atoms with Crippen molar-refractivity contribution in [2.24, 2.45) is 0 Å². The van der Waals surface area contributed by atoms with E-state index >= 15 is 0 Å². The van der Waals surface area contributed by atoms with Gasteiger partial charge < -0.3 is 5.32 Å². The summed E-state index contributed by atoms with van der Waals surface area (Å²) in [5, 5.41) is 3.29. The minimum Gasteiger partial charge on any atom is -0.310 e. The lowest BCUT2D eigenvalue weighted by atomic mass is 10.1. The number of rotatable bonds is 7. The standard InChI is InChI=1S/C12H22N2O2S2/c1-5-10-6-7-11(17-10)8-13-9-12(2,3)14-18(4,15)16/h6-7,13-14H,5,8-9H2,1-4H3. The Morgan fingerprint density at radius 3 is 2.39 bits per heavy atom. The highest BCUT2D eigenvalue weighted by Crippen LogP contribution is 2.16. The number of hydrogen-bond acceptors (Lipinski definition) is 4. The first-order valence-corrected chi connectivity index (χ1v) is 8.70. The van der Waals surface area contributed by atoms with E-state index in [1.54, 1.807) is 11.3 Å². The Bertz CT molecular complexity index is 478. The third-order valence-corrected chi connectivity index (χ3v) is 4.55. The normalized spacial score (nSPS) is 12.9. The highest BCUT2D eigenvalue weighted by molar-refractivity contribution is 7.88. The predicted molar refractivity (Wildman–Crippen MR) is 77.5 cm³/mol. The third kappa shape index (κ3) is 5.95. The molecule has 1 rings (SSSR count). The van der Waals surface area contributed by atoms with E-state index in [0.717, 1.165) is 13.0 Å². The van der Waals surface area contributed by atoms with Gasteiger partial charge in [-0.3, -0.25) is 0 Å². The van der Waals surface area contributed by atoms with Crippen molar-refractivity contribution in [2.75, 3.05) is 12.8 Å². The average Bonchev–Trinajstić information content (AvgIpc) is 2.61. The number of aryl methyl sites for hydroxylation is 1. The molecule has 0 aliphatic carbocycles. The minimum atomic E-state index is -3.16. The molecule has 0 atom stereocenters. The Balaban J connectivity index is 2.41. The molecule has 6 heteroatoms. The maximum absolute atomic E-state index is 11.2. The Kier molecular flexibility index (Phi) is 5.33. The molecule has 0 unspecified atom stereocenters. The average molecular weight is 290 g/mol. The largest absolute Gasteiger partial charge is 0.310 e. The van der Waals surface area contributed by atoms with E-state index in [1.807, 2.05) is 13.8 Å². The van der Waals surface area contributed by atoms with E-state index < -0.39 is 15.6 Å². The van der Waals surface area contributed by atoms with Crippen LogP contribution in [0.25, 0.3) is 0 Å². The first kappa shape index (κ1) is 15.6. The number of thiophene rings is 1. The molecule has 4 nitrogen and oxygen atoms in total. The summed E-state index contributed by atoms with van der Waals surface area (Å²) in [6.07, 6.45) is 2.24. The molecule has 0 radical (unpaired) electrons. The molecule has 0 amide bonds. The maximum Gasteiger partial charge on any atom is 0.209 e. The molecule has 1 aromatic rings. The molecule has 0 aliphatic heterocycles. The summed E-state index contributed by atoms with van der Waals surface area (Å²) < 4.78 is 25.0. The summed E-state index contributed by atoms with van der Waals surface area (Å²) in [4.78, 5) is 2.65. The Morgan fingerprint density at radius 2 is 1.89 bits per heavy atom. The molecule has 0 fully saturated rings. The van der Waals surface area contributed by atoms with Gasteiger partial charge in [0.2, 0.25) is 10.0 Å². The van der Waals surface area contributed by atoms with Crippen LogP contribution in [0.3, 0.4) is 0 Å². The predicted octanol–water partition coefficient (Wildman–Crippen LogP) is 1.73. The SMILES string of the molecule is CCc1ccc(CNCC(C)(C)NS(C)(=O)=O)s1. The zero-order valence-electron chi connectivity index (χ0n) is 11.4. The fraction of sp³-hybridized carbons (Fsp3) is 0.667. The summed E-state index contributed by atoms with van der Waals surface area (Å²) in [6, 6.07) is 4.26. The van der Waals surface area contributed by atoms with Gasteiger partial charge in [-0.05, 0) is 32.4 Å².